The first kappa shape index (κ1) is 26.0. The lowest BCUT2D eigenvalue weighted by Crippen LogP contribution is -2.61. The number of hydrogen-bond donors (Lipinski definition) is 0. The lowest BCUT2D eigenvalue weighted by molar-refractivity contribution is -0.398. The Hall–Kier alpha value is -1.25. The Morgan fingerprint density at radius 1 is 1.03 bits per heavy atom. The maximum atomic E-state index is 14.2. The number of carbonyl (C=O) groups is 1. The number of amides is 1. The third-order valence-corrected chi connectivity index (χ3v) is 6.81. The molecule has 13 heteroatoms. The molecule has 0 saturated carbocycles. The van der Waals surface area contributed by atoms with Crippen molar-refractivity contribution in [2.45, 2.75) is 43.9 Å². The average molecular weight is 577 g/mol. The van der Waals surface area contributed by atoms with Gasteiger partial charge in [-0.15, -0.1) is 0 Å². The fraction of sp³-hybridized carbons (Fsp3) is 0.611. The molecule has 1 aliphatic heterocycles. The Morgan fingerprint density at radius 2 is 1.58 bits per heavy atom. The van der Waals surface area contributed by atoms with E-state index in [-0.39, 0.29) is 11.0 Å². The molecule has 0 aliphatic carbocycles. The van der Waals surface area contributed by atoms with Crippen molar-refractivity contribution in [3.63, 3.8) is 0 Å². The number of halogens is 10. The molecule has 31 heavy (non-hydrogen) atoms. The van der Waals surface area contributed by atoms with Crippen molar-refractivity contribution >= 4 is 28.5 Å². The van der Waals surface area contributed by atoms with Gasteiger partial charge < -0.3 is 0 Å². The minimum atomic E-state index is -6.96. The zero-order valence-corrected chi connectivity index (χ0v) is 18.0. The van der Waals surface area contributed by atoms with Crippen LogP contribution in [-0.4, -0.2) is 45.9 Å². The molecule has 3 nitrogen and oxygen atoms in total. The van der Waals surface area contributed by atoms with Gasteiger partial charge in [0.05, 0.1) is 12.0 Å². The molecule has 1 amide bonds. The van der Waals surface area contributed by atoms with Gasteiger partial charge in [0.1, 0.15) is 6.61 Å². The van der Waals surface area contributed by atoms with Gasteiger partial charge in [0.15, 0.2) is 0 Å². The van der Waals surface area contributed by atoms with Crippen LogP contribution in [0.4, 0.5) is 39.5 Å². The predicted octanol–water partition coefficient (Wildman–Crippen LogP) is 5.88. The Kier molecular flexibility index (Phi) is 7.21. The fourth-order valence-electron chi connectivity index (χ4n) is 3.08. The number of hydrogen-bond acceptors (Lipinski definition) is 2. The zero-order chi connectivity index (χ0) is 23.9. The average Bonchev–Trinajstić information content (AvgIpc) is 2.90. The summed E-state index contributed by atoms with van der Waals surface area (Å²) in [7, 11) is 0. The van der Waals surface area contributed by atoms with Crippen molar-refractivity contribution in [2.24, 2.45) is 11.3 Å². The Morgan fingerprint density at radius 3 is 2.06 bits per heavy atom. The van der Waals surface area contributed by atoms with E-state index in [2.05, 4.69) is 0 Å². The van der Waals surface area contributed by atoms with E-state index >= 15 is 0 Å². The van der Waals surface area contributed by atoms with Gasteiger partial charge >= 0.3 is 23.9 Å². The normalized spacial score (nSPS) is 23.5. The summed E-state index contributed by atoms with van der Waals surface area (Å²) in [5.41, 5.74) is -1.14. The van der Waals surface area contributed by atoms with Gasteiger partial charge in [-0.2, -0.15) is 39.5 Å². The molecule has 2 rings (SSSR count). The molecule has 2 atom stereocenters. The number of rotatable bonds is 8. The van der Waals surface area contributed by atoms with Crippen LogP contribution >= 0.6 is 22.6 Å². The SMILES string of the molecule is C[C@@]1(CI)C(=O)N(OCc2ccccc2)C[C@@H]1CC(F)(F)C(F)(F)C(F)(F)C(F)(F)F. The smallest absolute Gasteiger partial charge is 0.272 e. The van der Waals surface area contributed by atoms with Gasteiger partial charge in [-0.25, -0.2) is 5.06 Å². The van der Waals surface area contributed by atoms with Crippen LogP contribution in [0.5, 0.6) is 0 Å². The molecule has 1 aromatic rings. The highest BCUT2D eigenvalue weighted by atomic mass is 127. The minimum absolute atomic E-state index is 0.171. The summed E-state index contributed by atoms with van der Waals surface area (Å²) in [5.74, 6) is -22.0. The van der Waals surface area contributed by atoms with E-state index < -0.39 is 54.1 Å². The first-order valence-corrected chi connectivity index (χ1v) is 10.3. The lowest BCUT2D eigenvalue weighted by atomic mass is 9.77. The topological polar surface area (TPSA) is 29.5 Å². The van der Waals surface area contributed by atoms with Crippen LogP contribution in [0.2, 0.25) is 0 Å². The Bertz CT molecular complexity index is 788. The molecule has 1 saturated heterocycles. The highest BCUT2D eigenvalue weighted by Gasteiger charge is 2.82. The molecule has 0 N–H and O–H groups in total. The van der Waals surface area contributed by atoms with Gasteiger partial charge in [-0.1, -0.05) is 52.9 Å². The first-order chi connectivity index (χ1) is 14.0. The molecule has 176 valence electrons. The van der Waals surface area contributed by atoms with E-state index in [1.54, 1.807) is 52.9 Å². The zero-order valence-electron chi connectivity index (χ0n) is 15.8. The molecule has 1 aromatic carbocycles. The van der Waals surface area contributed by atoms with Gasteiger partial charge in [-0.3, -0.25) is 9.63 Å². The van der Waals surface area contributed by atoms with Crippen molar-refractivity contribution in [1.29, 1.82) is 0 Å². The van der Waals surface area contributed by atoms with E-state index in [1.165, 1.54) is 0 Å². The lowest BCUT2D eigenvalue weighted by Gasteiger charge is -2.36. The molecule has 1 heterocycles. The van der Waals surface area contributed by atoms with Crippen LogP contribution in [0.15, 0.2) is 30.3 Å². The fourth-order valence-corrected chi connectivity index (χ4v) is 4.03. The maximum absolute atomic E-state index is 14.2. The number of carbonyl (C=O) groups excluding carboxylic acids is 1. The van der Waals surface area contributed by atoms with Crippen molar-refractivity contribution in [3.8, 4) is 0 Å². The summed E-state index contributed by atoms with van der Waals surface area (Å²) in [4.78, 5) is 17.9. The number of alkyl halides is 10. The Labute approximate surface area is 185 Å². The summed E-state index contributed by atoms with van der Waals surface area (Å²) < 4.78 is 119. The third-order valence-electron chi connectivity index (χ3n) is 5.22. The third kappa shape index (κ3) is 4.62. The number of nitrogens with zero attached hydrogens (tertiary/aromatic N) is 1. The van der Waals surface area contributed by atoms with Gasteiger partial charge in [0.25, 0.3) is 5.91 Å². The van der Waals surface area contributed by atoms with Crippen LogP contribution in [0, 0.1) is 11.3 Å². The van der Waals surface area contributed by atoms with Crippen molar-refractivity contribution in [3.05, 3.63) is 35.9 Å². The van der Waals surface area contributed by atoms with Crippen molar-refractivity contribution in [1.82, 2.24) is 5.06 Å². The van der Waals surface area contributed by atoms with Crippen LogP contribution < -0.4 is 0 Å². The molecule has 0 spiro atoms. The Balaban J connectivity index is 2.24. The monoisotopic (exact) mass is 577 g/mol. The predicted molar refractivity (Wildman–Crippen MR) is 98.9 cm³/mol. The largest absolute Gasteiger partial charge is 0.460 e. The molecule has 1 aliphatic rings. The molecule has 0 unspecified atom stereocenters. The molecule has 1 fully saturated rings. The van der Waals surface area contributed by atoms with E-state index in [1.807, 2.05) is 0 Å². The highest BCUT2D eigenvalue weighted by Crippen LogP contribution is 2.56. The van der Waals surface area contributed by atoms with E-state index in [4.69, 9.17) is 4.84 Å². The molecular weight excluding hydrogens is 560 g/mol. The van der Waals surface area contributed by atoms with Crippen LogP contribution in [0.3, 0.4) is 0 Å². The van der Waals surface area contributed by atoms with Gasteiger partial charge in [-0.05, 0) is 18.4 Å². The summed E-state index contributed by atoms with van der Waals surface area (Å²) >= 11 is 1.62. The first-order valence-electron chi connectivity index (χ1n) is 8.76. The summed E-state index contributed by atoms with van der Waals surface area (Å²) in [6, 6.07) is 8.27. The van der Waals surface area contributed by atoms with Crippen LogP contribution in [-0.2, 0) is 16.2 Å². The molecule has 0 radical (unpaired) electrons. The number of benzene rings is 1. The van der Waals surface area contributed by atoms with E-state index in [9.17, 15) is 44.3 Å². The second-order valence-corrected chi connectivity index (χ2v) is 8.19. The maximum Gasteiger partial charge on any atom is 0.460 e. The van der Waals surface area contributed by atoms with Crippen LogP contribution in [0.1, 0.15) is 18.9 Å². The molecule has 0 bridgehead atoms. The summed E-state index contributed by atoms with van der Waals surface area (Å²) in [6.07, 6.45) is -8.95. The standard InChI is InChI=1S/C18H17F9INO2/c1-14(10-28)12(7-15(19,20)16(21,22)17(23,24)18(25,26)27)8-29(13(14)30)31-9-11-5-3-2-4-6-11/h2-6,12H,7-10H2,1H3/t12-,14-/m0/s1. The minimum Gasteiger partial charge on any atom is -0.272 e. The van der Waals surface area contributed by atoms with Crippen molar-refractivity contribution < 1.29 is 49.1 Å². The second kappa shape index (κ2) is 8.60. The van der Waals surface area contributed by atoms with E-state index in [0.29, 0.717) is 10.6 Å². The highest BCUT2D eigenvalue weighted by molar-refractivity contribution is 14.1. The quantitative estimate of drug-likeness (QED) is 0.220. The van der Waals surface area contributed by atoms with Crippen LogP contribution in [0.25, 0.3) is 0 Å². The second-order valence-electron chi connectivity index (χ2n) is 7.43. The van der Waals surface area contributed by atoms with Gasteiger partial charge in [0, 0.05) is 10.8 Å². The van der Waals surface area contributed by atoms with E-state index in [0.717, 1.165) is 6.92 Å². The summed E-state index contributed by atoms with van der Waals surface area (Å²) in [6.45, 7) is 0.304. The molecular formula is C18H17F9INO2. The van der Waals surface area contributed by atoms with Gasteiger partial charge in [0.2, 0.25) is 0 Å². The number of hydroxylamine groups is 2. The van der Waals surface area contributed by atoms with Crippen molar-refractivity contribution in [2.75, 3.05) is 11.0 Å². The summed E-state index contributed by atoms with van der Waals surface area (Å²) in [5, 5.41) is 0.659. The molecule has 0 aromatic heterocycles.